The van der Waals surface area contributed by atoms with E-state index in [4.69, 9.17) is 14.5 Å². The van der Waals surface area contributed by atoms with Crippen LogP contribution in [0.15, 0.2) is 30.3 Å². The zero-order chi connectivity index (χ0) is 22.5. The van der Waals surface area contributed by atoms with Crippen molar-refractivity contribution in [1.29, 1.82) is 0 Å². The average molecular weight is 439 g/mol. The summed E-state index contributed by atoms with van der Waals surface area (Å²) >= 11 is 0. The molecule has 32 heavy (non-hydrogen) atoms. The van der Waals surface area contributed by atoms with E-state index in [2.05, 4.69) is 4.98 Å². The van der Waals surface area contributed by atoms with Crippen molar-refractivity contribution in [3.05, 3.63) is 53.0 Å². The lowest BCUT2D eigenvalue weighted by Gasteiger charge is -2.30. The number of anilines is 1. The van der Waals surface area contributed by atoms with E-state index in [1.54, 1.807) is 16.8 Å². The van der Waals surface area contributed by atoms with Gasteiger partial charge in [0.2, 0.25) is 11.8 Å². The van der Waals surface area contributed by atoms with E-state index in [1.807, 2.05) is 37.3 Å². The fourth-order valence-corrected chi connectivity index (χ4v) is 4.10. The number of aryl methyl sites for hydroxylation is 1. The molecule has 2 aliphatic rings. The molecule has 3 heterocycles. The van der Waals surface area contributed by atoms with Crippen LogP contribution in [0, 0.1) is 6.92 Å². The van der Waals surface area contributed by atoms with Crippen LogP contribution in [0.2, 0.25) is 0 Å². The van der Waals surface area contributed by atoms with Gasteiger partial charge in [-0.3, -0.25) is 14.5 Å². The van der Waals surface area contributed by atoms with Crippen LogP contribution in [-0.2, 0) is 38.6 Å². The van der Waals surface area contributed by atoms with Crippen LogP contribution in [0.4, 0.5) is 5.82 Å². The van der Waals surface area contributed by atoms with Crippen LogP contribution in [0.5, 0.6) is 0 Å². The second kappa shape index (κ2) is 10.2. The predicted molar refractivity (Wildman–Crippen MR) is 119 cm³/mol. The molecular weight excluding hydrogens is 408 g/mol. The topological polar surface area (TPSA) is 84.9 Å². The zero-order valence-corrected chi connectivity index (χ0v) is 18.7. The number of nitrogens with zero attached hydrogens (tertiary/aromatic N) is 4. The second-order valence-corrected chi connectivity index (χ2v) is 8.39. The lowest BCUT2D eigenvalue weighted by molar-refractivity contribution is -0.136. The molecule has 0 saturated carbocycles. The highest BCUT2D eigenvalue weighted by Gasteiger charge is 2.28. The Kier molecular flexibility index (Phi) is 7.12. The van der Waals surface area contributed by atoms with Gasteiger partial charge in [-0.15, -0.1) is 0 Å². The molecule has 0 N–H and O–H groups in total. The van der Waals surface area contributed by atoms with Gasteiger partial charge in [0, 0.05) is 31.3 Å². The highest BCUT2D eigenvalue weighted by molar-refractivity contribution is 5.95. The Labute approximate surface area is 188 Å². The first-order valence-corrected chi connectivity index (χ1v) is 11.1. The molecule has 1 fully saturated rings. The molecule has 0 spiro atoms. The fraction of sp³-hybridized carbons (Fsp3) is 0.500. The van der Waals surface area contributed by atoms with Gasteiger partial charge >= 0.3 is 0 Å². The first-order chi connectivity index (χ1) is 15.5. The highest BCUT2D eigenvalue weighted by atomic mass is 16.5. The van der Waals surface area contributed by atoms with Gasteiger partial charge in [0.15, 0.2) is 0 Å². The first-order valence-electron chi connectivity index (χ1n) is 11.1. The maximum Gasteiger partial charge on any atom is 0.248 e. The number of hydrogen-bond acceptors (Lipinski definition) is 6. The Morgan fingerprint density at radius 1 is 1.25 bits per heavy atom. The van der Waals surface area contributed by atoms with Crippen molar-refractivity contribution >= 4 is 17.6 Å². The van der Waals surface area contributed by atoms with Crippen molar-refractivity contribution in [1.82, 2.24) is 14.9 Å². The number of carbonyl (C=O) groups excluding carboxylic acids is 2. The standard InChI is InChI=1S/C24H30N4O4/c1-17-20-10-11-22(29)28(13-18-7-4-3-5-8-18)24(20)26-21(25-17)14-27(2)23(30)16-31-15-19-9-6-12-32-19/h3-5,7-8,19H,6,9-16H2,1-2H3. The van der Waals surface area contributed by atoms with Crippen molar-refractivity contribution in [2.24, 2.45) is 0 Å². The van der Waals surface area contributed by atoms with Crippen molar-refractivity contribution in [2.75, 3.05) is 31.8 Å². The van der Waals surface area contributed by atoms with Gasteiger partial charge in [0.05, 0.1) is 25.8 Å². The average Bonchev–Trinajstić information content (AvgIpc) is 3.30. The third-order valence-electron chi connectivity index (χ3n) is 5.93. The van der Waals surface area contributed by atoms with Gasteiger partial charge < -0.3 is 14.4 Å². The number of likely N-dealkylation sites (N-methyl/N-ethyl adjacent to an activating group) is 1. The number of amides is 2. The van der Waals surface area contributed by atoms with E-state index in [-0.39, 0.29) is 31.1 Å². The number of ether oxygens (including phenoxy) is 2. The summed E-state index contributed by atoms with van der Waals surface area (Å²) < 4.78 is 11.1. The molecular formula is C24H30N4O4. The summed E-state index contributed by atoms with van der Waals surface area (Å²) in [5, 5.41) is 0. The molecule has 2 aliphatic heterocycles. The fourth-order valence-electron chi connectivity index (χ4n) is 4.10. The smallest absolute Gasteiger partial charge is 0.248 e. The van der Waals surface area contributed by atoms with E-state index < -0.39 is 0 Å². The van der Waals surface area contributed by atoms with Crippen LogP contribution in [-0.4, -0.2) is 59.7 Å². The minimum absolute atomic E-state index is 0.00109. The molecule has 8 heteroatoms. The molecule has 1 unspecified atom stereocenters. The Morgan fingerprint density at radius 2 is 2.06 bits per heavy atom. The van der Waals surface area contributed by atoms with Crippen LogP contribution >= 0.6 is 0 Å². The molecule has 2 aromatic rings. The quantitative estimate of drug-likeness (QED) is 0.629. The number of benzene rings is 1. The summed E-state index contributed by atoms with van der Waals surface area (Å²) in [4.78, 5) is 37.8. The lowest BCUT2D eigenvalue weighted by Crippen LogP contribution is -2.37. The van der Waals surface area contributed by atoms with Crippen LogP contribution in [0.3, 0.4) is 0 Å². The second-order valence-electron chi connectivity index (χ2n) is 8.39. The number of rotatable bonds is 8. The third kappa shape index (κ3) is 5.31. The molecule has 0 bridgehead atoms. The molecule has 1 aromatic heterocycles. The monoisotopic (exact) mass is 438 g/mol. The highest BCUT2D eigenvalue weighted by Crippen LogP contribution is 2.29. The lowest BCUT2D eigenvalue weighted by atomic mass is 10.0. The maximum atomic E-state index is 12.7. The molecule has 1 saturated heterocycles. The van der Waals surface area contributed by atoms with Gasteiger partial charge in [-0.1, -0.05) is 30.3 Å². The number of aromatic nitrogens is 2. The van der Waals surface area contributed by atoms with E-state index >= 15 is 0 Å². The molecule has 170 valence electrons. The normalized spacial score (nSPS) is 18.0. The van der Waals surface area contributed by atoms with Crippen molar-refractivity contribution in [3.8, 4) is 0 Å². The molecule has 1 atom stereocenters. The molecule has 0 aliphatic carbocycles. The molecule has 0 radical (unpaired) electrons. The van der Waals surface area contributed by atoms with E-state index in [0.717, 1.165) is 36.3 Å². The van der Waals surface area contributed by atoms with E-state index in [1.165, 1.54) is 0 Å². The summed E-state index contributed by atoms with van der Waals surface area (Å²) in [6.45, 7) is 3.86. The molecule has 4 rings (SSSR count). The third-order valence-corrected chi connectivity index (χ3v) is 5.93. The minimum atomic E-state index is -0.140. The summed E-state index contributed by atoms with van der Waals surface area (Å²) in [5.74, 6) is 1.09. The number of carbonyl (C=O) groups is 2. The Balaban J connectivity index is 1.44. The summed E-state index contributed by atoms with van der Waals surface area (Å²) in [5.41, 5.74) is 2.89. The van der Waals surface area contributed by atoms with Crippen molar-refractivity contribution < 1.29 is 19.1 Å². The van der Waals surface area contributed by atoms with Gasteiger partial charge in [-0.05, 0) is 31.7 Å². The Morgan fingerprint density at radius 3 is 2.81 bits per heavy atom. The SMILES string of the molecule is Cc1nc(CN(C)C(=O)COCC2CCCO2)nc2c1CCC(=O)N2Cc1ccccc1. The summed E-state index contributed by atoms with van der Waals surface area (Å²) in [6, 6.07) is 9.88. The van der Waals surface area contributed by atoms with Crippen LogP contribution in [0.1, 0.15) is 41.9 Å². The molecule has 8 nitrogen and oxygen atoms in total. The Hall–Kier alpha value is -2.84. The van der Waals surface area contributed by atoms with Crippen molar-refractivity contribution in [2.45, 2.75) is 51.8 Å². The van der Waals surface area contributed by atoms with Gasteiger partial charge in [-0.2, -0.15) is 0 Å². The van der Waals surface area contributed by atoms with Crippen LogP contribution in [0.25, 0.3) is 0 Å². The van der Waals surface area contributed by atoms with Crippen molar-refractivity contribution in [3.63, 3.8) is 0 Å². The van der Waals surface area contributed by atoms with Gasteiger partial charge in [-0.25, -0.2) is 9.97 Å². The minimum Gasteiger partial charge on any atom is -0.376 e. The first kappa shape index (κ1) is 22.4. The molecule has 1 aromatic carbocycles. The summed E-state index contributed by atoms with van der Waals surface area (Å²) in [7, 11) is 1.71. The van der Waals surface area contributed by atoms with Gasteiger partial charge in [0.1, 0.15) is 18.2 Å². The predicted octanol–water partition coefficient (Wildman–Crippen LogP) is 2.42. The number of fused-ring (bicyclic) bond motifs is 1. The largest absolute Gasteiger partial charge is 0.376 e. The van der Waals surface area contributed by atoms with E-state index in [0.29, 0.717) is 37.6 Å². The Bertz CT molecular complexity index is 960. The van der Waals surface area contributed by atoms with E-state index in [9.17, 15) is 9.59 Å². The van der Waals surface area contributed by atoms with Crippen LogP contribution < -0.4 is 4.90 Å². The molecule has 2 amide bonds. The zero-order valence-electron chi connectivity index (χ0n) is 18.7. The summed E-state index contributed by atoms with van der Waals surface area (Å²) in [6.07, 6.45) is 3.19. The number of hydrogen-bond donors (Lipinski definition) is 0. The van der Waals surface area contributed by atoms with Gasteiger partial charge in [0.25, 0.3) is 0 Å². The maximum absolute atomic E-state index is 12.7.